The molecule has 0 radical (unpaired) electrons. The molecule has 1 aliphatic heterocycles. The van der Waals surface area contributed by atoms with Crippen molar-refractivity contribution in [3.05, 3.63) is 70.8 Å². The fourth-order valence-corrected chi connectivity index (χ4v) is 4.74. The van der Waals surface area contributed by atoms with E-state index in [1.807, 2.05) is 36.2 Å². The number of carbonyl (C=O) groups is 2. The predicted molar refractivity (Wildman–Crippen MR) is 154 cm³/mol. The molecule has 2 aromatic carbocycles. The van der Waals surface area contributed by atoms with E-state index >= 15 is 0 Å². The number of nitrogens with one attached hydrogen (secondary N) is 1. The maximum atomic E-state index is 13.3. The first kappa shape index (κ1) is 31.5. The Morgan fingerprint density at radius 2 is 1.68 bits per heavy atom. The van der Waals surface area contributed by atoms with Gasteiger partial charge in [-0.25, -0.2) is 4.79 Å². The SMILES string of the molecule is COCCOCCOCCOC(=O)NC1CCN(CC(c2ccccc2)N(C)C(=O)Cc2ccc(C)c(C)c2)C1. The molecule has 2 amide bonds. The highest BCUT2D eigenvalue weighted by atomic mass is 16.6. The standard InChI is InChI=1S/C31H45N3O6/c1-24-10-11-26(20-25(24)2)21-30(35)33(3)29(27-8-6-5-7-9-27)23-34-13-12-28(22-34)32-31(36)40-19-18-39-17-16-38-15-14-37-4/h5-11,20,28-29H,12-19,21-23H2,1-4H3,(H,32,36). The van der Waals surface area contributed by atoms with Gasteiger partial charge in [0.2, 0.25) is 5.91 Å². The van der Waals surface area contributed by atoms with Crippen LogP contribution in [0.5, 0.6) is 0 Å². The molecule has 3 rings (SSSR count). The normalized spacial score (nSPS) is 16.1. The van der Waals surface area contributed by atoms with Crippen LogP contribution in [0.1, 0.15) is 34.7 Å². The summed E-state index contributed by atoms with van der Waals surface area (Å²) in [5.41, 5.74) is 4.54. The number of hydrogen-bond donors (Lipinski definition) is 1. The van der Waals surface area contributed by atoms with Crippen molar-refractivity contribution in [2.24, 2.45) is 0 Å². The van der Waals surface area contributed by atoms with Crippen molar-refractivity contribution in [1.29, 1.82) is 0 Å². The van der Waals surface area contributed by atoms with Crippen LogP contribution in [0, 0.1) is 13.8 Å². The van der Waals surface area contributed by atoms with Crippen molar-refractivity contribution < 1.29 is 28.5 Å². The molecule has 1 saturated heterocycles. The number of amides is 2. The largest absolute Gasteiger partial charge is 0.447 e. The Balaban J connectivity index is 1.45. The molecule has 0 aliphatic carbocycles. The first-order valence-corrected chi connectivity index (χ1v) is 14.0. The number of carbonyl (C=O) groups excluding carboxylic acids is 2. The van der Waals surface area contributed by atoms with E-state index in [0.29, 0.717) is 52.5 Å². The highest BCUT2D eigenvalue weighted by molar-refractivity contribution is 5.79. The van der Waals surface area contributed by atoms with E-state index in [1.54, 1.807) is 7.11 Å². The first-order valence-electron chi connectivity index (χ1n) is 14.0. The molecule has 0 bridgehead atoms. The van der Waals surface area contributed by atoms with Gasteiger partial charge in [0.05, 0.1) is 45.5 Å². The zero-order valence-corrected chi connectivity index (χ0v) is 24.4. The minimum Gasteiger partial charge on any atom is -0.447 e. The second-order valence-electron chi connectivity index (χ2n) is 10.3. The summed E-state index contributed by atoms with van der Waals surface area (Å²) in [4.78, 5) is 29.8. The van der Waals surface area contributed by atoms with E-state index in [4.69, 9.17) is 18.9 Å². The predicted octanol–water partition coefficient (Wildman–Crippen LogP) is 3.53. The van der Waals surface area contributed by atoms with Gasteiger partial charge in [0.25, 0.3) is 0 Å². The quantitative estimate of drug-likeness (QED) is 0.317. The number of nitrogens with zero attached hydrogens (tertiary/aromatic N) is 2. The molecule has 220 valence electrons. The lowest BCUT2D eigenvalue weighted by molar-refractivity contribution is -0.131. The van der Waals surface area contributed by atoms with Crippen molar-refractivity contribution in [3.63, 3.8) is 0 Å². The van der Waals surface area contributed by atoms with Gasteiger partial charge in [0.15, 0.2) is 0 Å². The van der Waals surface area contributed by atoms with E-state index in [2.05, 4.69) is 48.3 Å². The van der Waals surface area contributed by atoms with Gasteiger partial charge >= 0.3 is 6.09 Å². The van der Waals surface area contributed by atoms with Crippen LogP contribution >= 0.6 is 0 Å². The van der Waals surface area contributed by atoms with Gasteiger partial charge in [-0.3, -0.25) is 9.69 Å². The van der Waals surface area contributed by atoms with Crippen molar-refractivity contribution in [3.8, 4) is 0 Å². The number of likely N-dealkylation sites (N-methyl/N-ethyl adjacent to an activating group) is 1. The van der Waals surface area contributed by atoms with Gasteiger partial charge in [-0.1, -0.05) is 48.5 Å². The Morgan fingerprint density at radius 1 is 0.975 bits per heavy atom. The molecule has 2 atom stereocenters. The van der Waals surface area contributed by atoms with Crippen molar-refractivity contribution >= 4 is 12.0 Å². The van der Waals surface area contributed by atoms with E-state index < -0.39 is 6.09 Å². The monoisotopic (exact) mass is 555 g/mol. The molecule has 2 unspecified atom stereocenters. The molecule has 0 aromatic heterocycles. The Labute approximate surface area is 238 Å². The summed E-state index contributed by atoms with van der Waals surface area (Å²) in [5.74, 6) is 0.0818. The molecule has 1 N–H and O–H groups in total. The Hall–Kier alpha value is -2.98. The maximum Gasteiger partial charge on any atom is 0.407 e. The van der Waals surface area contributed by atoms with Crippen LogP contribution in [-0.4, -0.2) is 101 Å². The summed E-state index contributed by atoms with van der Waals surface area (Å²) in [6, 6.07) is 16.2. The summed E-state index contributed by atoms with van der Waals surface area (Å²) < 4.78 is 20.9. The zero-order valence-electron chi connectivity index (χ0n) is 24.4. The molecule has 0 saturated carbocycles. The summed E-state index contributed by atoms with van der Waals surface area (Å²) in [7, 11) is 3.51. The van der Waals surface area contributed by atoms with Crippen molar-refractivity contribution in [2.75, 3.05) is 73.4 Å². The maximum absolute atomic E-state index is 13.3. The molecular formula is C31H45N3O6. The lowest BCUT2D eigenvalue weighted by Crippen LogP contribution is -2.41. The molecule has 9 nitrogen and oxygen atoms in total. The minimum absolute atomic E-state index is 0.00410. The van der Waals surface area contributed by atoms with Gasteiger partial charge < -0.3 is 29.2 Å². The number of benzene rings is 2. The molecule has 1 fully saturated rings. The third kappa shape index (κ3) is 10.5. The highest BCUT2D eigenvalue weighted by Crippen LogP contribution is 2.24. The number of likely N-dealkylation sites (tertiary alicyclic amines) is 1. The average molecular weight is 556 g/mol. The summed E-state index contributed by atoms with van der Waals surface area (Å²) >= 11 is 0. The van der Waals surface area contributed by atoms with E-state index in [-0.39, 0.29) is 24.6 Å². The van der Waals surface area contributed by atoms with Gasteiger partial charge in [-0.05, 0) is 42.5 Å². The number of ether oxygens (including phenoxy) is 4. The van der Waals surface area contributed by atoms with Crippen molar-refractivity contribution in [1.82, 2.24) is 15.1 Å². The van der Waals surface area contributed by atoms with Crippen LogP contribution in [0.3, 0.4) is 0 Å². The lowest BCUT2D eigenvalue weighted by Gasteiger charge is -2.32. The average Bonchev–Trinajstić information content (AvgIpc) is 3.39. The third-order valence-corrected chi connectivity index (χ3v) is 7.26. The second-order valence-corrected chi connectivity index (χ2v) is 10.3. The van der Waals surface area contributed by atoms with Gasteiger partial charge in [0.1, 0.15) is 6.61 Å². The van der Waals surface area contributed by atoms with Crippen LogP contribution in [0.15, 0.2) is 48.5 Å². The highest BCUT2D eigenvalue weighted by Gasteiger charge is 2.29. The molecule has 2 aromatic rings. The summed E-state index contributed by atoms with van der Waals surface area (Å²) in [6.07, 6.45) is 0.750. The van der Waals surface area contributed by atoms with Gasteiger partial charge in [-0.15, -0.1) is 0 Å². The first-order chi connectivity index (χ1) is 19.4. The van der Waals surface area contributed by atoms with Crippen molar-refractivity contribution in [2.45, 2.75) is 38.8 Å². The second kappa shape index (κ2) is 17.0. The van der Waals surface area contributed by atoms with E-state index in [9.17, 15) is 9.59 Å². The molecule has 9 heteroatoms. The Bertz CT molecular complexity index is 1050. The van der Waals surface area contributed by atoms with Gasteiger partial charge in [0, 0.05) is 39.8 Å². The summed E-state index contributed by atoms with van der Waals surface area (Å²) in [5, 5.41) is 2.96. The Morgan fingerprint density at radius 3 is 2.38 bits per heavy atom. The summed E-state index contributed by atoms with van der Waals surface area (Å²) in [6.45, 7) is 8.88. The van der Waals surface area contributed by atoms with Crippen LogP contribution in [0.4, 0.5) is 4.79 Å². The molecule has 0 spiro atoms. The topological polar surface area (TPSA) is 89.6 Å². The van der Waals surface area contributed by atoms with Crippen LogP contribution in [0.2, 0.25) is 0 Å². The molecule has 1 aliphatic rings. The molecular weight excluding hydrogens is 510 g/mol. The third-order valence-electron chi connectivity index (χ3n) is 7.26. The van der Waals surface area contributed by atoms with Gasteiger partial charge in [-0.2, -0.15) is 0 Å². The number of alkyl carbamates (subject to hydrolysis) is 1. The molecule has 1 heterocycles. The fourth-order valence-electron chi connectivity index (χ4n) is 4.74. The smallest absolute Gasteiger partial charge is 0.407 e. The zero-order chi connectivity index (χ0) is 28.7. The van der Waals surface area contributed by atoms with Crippen LogP contribution in [-0.2, 0) is 30.2 Å². The number of aryl methyl sites for hydroxylation is 2. The Kier molecular flexibility index (Phi) is 13.4. The number of rotatable bonds is 16. The van der Waals surface area contributed by atoms with E-state index in [1.165, 1.54) is 11.1 Å². The van der Waals surface area contributed by atoms with E-state index in [0.717, 1.165) is 24.1 Å². The number of methoxy groups -OCH3 is 1. The minimum atomic E-state index is -0.438. The van der Waals surface area contributed by atoms with Crippen LogP contribution in [0.25, 0.3) is 0 Å². The fraction of sp³-hybridized carbons (Fsp3) is 0.548. The molecule has 40 heavy (non-hydrogen) atoms. The van der Waals surface area contributed by atoms with Crippen LogP contribution < -0.4 is 5.32 Å². The lowest BCUT2D eigenvalue weighted by atomic mass is 10.0. The number of hydrogen-bond acceptors (Lipinski definition) is 7.